The van der Waals surface area contributed by atoms with E-state index in [9.17, 15) is 14.7 Å². The predicted molar refractivity (Wildman–Crippen MR) is 79.9 cm³/mol. The van der Waals surface area contributed by atoms with Gasteiger partial charge in [-0.2, -0.15) is 0 Å². The number of carbonyl (C=O) groups is 2. The molecular weight excluding hydrogens is 274 g/mol. The number of carboxylic acids is 1. The summed E-state index contributed by atoms with van der Waals surface area (Å²) in [4.78, 5) is 24.6. The number of aromatic hydroxyl groups is 1. The first kappa shape index (κ1) is 16.8. The number of unbranched alkanes of at least 4 members (excludes halogenated alkanes) is 1. The molecule has 0 unspecified atom stereocenters. The van der Waals surface area contributed by atoms with E-state index in [1.807, 2.05) is 14.1 Å². The number of para-hydroxylation sites is 1. The van der Waals surface area contributed by atoms with E-state index in [0.717, 1.165) is 19.4 Å². The summed E-state index contributed by atoms with van der Waals surface area (Å²) in [6.07, 6.45) is 1.81. The number of amides is 2. The Balaban J connectivity index is 2.45. The van der Waals surface area contributed by atoms with Crippen LogP contribution in [0.4, 0.5) is 10.5 Å². The summed E-state index contributed by atoms with van der Waals surface area (Å²) in [6, 6.07) is 3.68. The van der Waals surface area contributed by atoms with Gasteiger partial charge >= 0.3 is 12.0 Å². The van der Waals surface area contributed by atoms with Crippen molar-refractivity contribution in [3.05, 3.63) is 23.8 Å². The molecule has 0 aliphatic heterocycles. The number of rotatable bonds is 7. The van der Waals surface area contributed by atoms with E-state index >= 15 is 0 Å². The Hall–Kier alpha value is -2.28. The lowest BCUT2D eigenvalue weighted by Crippen LogP contribution is -2.30. The quantitative estimate of drug-likeness (QED) is 0.451. The number of urea groups is 1. The molecule has 0 spiro atoms. The maximum absolute atomic E-state index is 11.7. The number of hydrogen-bond donors (Lipinski definition) is 4. The van der Waals surface area contributed by atoms with Crippen molar-refractivity contribution in [1.29, 1.82) is 0 Å². The van der Waals surface area contributed by atoms with Gasteiger partial charge < -0.3 is 25.7 Å². The Morgan fingerprint density at radius 3 is 2.57 bits per heavy atom. The van der Waals surface area contributed by atoms with Gasteiger partial charge in [0.15, 0.2) is 5.75 Å². The highest BCUT2D eigenvalue weighted by atomic mass is 16.4. The van der Waals surface area contributed by atoms with Crippen LogP contribution in [0.15, 0.2) is 18.2 Å². The van der Waals surface area contributed by atoms with Crippen molar-refractivity contribution in [2.75, 3.05) is 32.5 Å². The molecule has 1 rings (SSSR count). The SMILES string of the molecule is CN(C)CCCCNC(=O)Nc1cccc(C(=O)O)c1O. The summed E-state index contributed by atoms with van der Waals surface area (Å²) in [5, 5.41) is 23.7. The molecule has 0 bridgehead atoms. The van der Waals surface area contributed by atoms with Gasteiger partial charge in [-0.3, -0.25) is 0 Å². The second-order valence-electron chi connectivity index (χ2n) is 4.90. The molecule has 0 radical (unpaired) electrons. The number of nitrogens with zero attached hydrogens (tertiary/aromatic N) is 1. The Bertz CT molecular complexity index is 503. The zero-order valence-corrected chi connectivity index (χ0v) is 12.2. The Kier molecular flexibility index (Phi) is 6.48. The largest absolute Gasteiger partial charge is 0.505 e. The van der Waals surface area contributed by atoms with Crippen molar-refractivity contribution in [1.82, 2.24) is 10.2 Å². The second-order valence-corrected chi connectivity index (χ2v) is 4.90. The van der Waals surface area contributed by atoms with Gasteiger partial charge in [-0.1, -0.05) is 6.07 Å². The average molecular weight is 295 g/mol. The Morgan fingerprint density at radius 1 is 1.24 bits per heavy atom. The number of carbonyl (C=O) groups excluding carboxylic acids is 1. The van der Waals surface area contributed by atoms with Crippen LogP contribution in [0.1, 0.15) is 23.2 Å². The molecule has 21 heavy (non-hydrogen) atoms. The zero-order chi connectivity index (χ0) is 15.8. The van der Waals surface area contributed by atoms with Crippen LogP contribution < -0.4 is 10.6 Å². The minimum atomic E-state index is -1.25. The first-order chi connectivity index (χ1) is 9.91. The second kappa shape index (κ2) is 8.11. The molecular formula is C14H21N3O4. The van der Waals surface area contributed by atoms with Crippen molar-refractivity contribution in [3.63, 3.8) is 0 Å². The summed E-state index contributed by atoms with van der Waals surface area (Å²) in [7, 11) is 3.97. The predicted octanol–water partition coefficient (Wildman–Crippen LogP) is 1.55. The van der Waals surface area contributed by atoms with Crippen LogP contribution >= 0.6 is 0 Å². The van der Waals surface area contributed by atoms with Gasteiger partial charge in [0.2, 0.25) is 0 Å². The van der Waals surface area contributed by atoms with E-state index < -0.39 is 17.7 Å². The number of hydrogen-bond acceptors (Lipinski definition) is 4. The molecule has 1 aromatic carbocycles. The molecule has 116 valence electrons. The fraction of sp³-hybridized carbons (Fsp3) is 0.429. The molecule has 2 amide bonds. The molecule has 0 heterocycles. The molecule has 0 aromatic heterocycles. The van der Waals surface area contributed by atoms with Gasteiger partial charge in [0.05, 0.1) is 5.69 Å². The van der Waals surface area contributed by atoms with E-state index in [1.165, 1.54) is 18.2 Å². The third-order valence-corrected chi connectivity index (χ3v) is 2.83. The maximum Gasteiger partial charge on any atom is 0.339 e. The molecule has 0 aliphatic carbocycles. The molecule has 7 heteroatoms. The number of carboxylic acid groups (broad SMARTS) is 1. The van der Waals surface area contributed by atoms with Gasteiger partial charge in [-0.05, 0) is 45.6 Å². The van der Waals surface area contributed by atoms with Gasteiger partial charge in [0.1, 0.15) is 5.56 Å². The van der Waals surface area contributed by atoms with E-state index in [-0.39, 0.29) is 11.3 Å². The maximum atomic E-state index is 11.7. The summed E-state index contributed by atoms with van der Waals surface area (Å²) in [5.74, 6) is -1.70. The highest BCUT2D eigenvalue weighted by Crippen LogP contribution is 2.27. The summed E-state index contributed by atoms with van der Waals surface area (Å²) < 4.78 is 0. The summed E-state index contributed by atoms with van der Waals surface area (Å²) in [5.41, 5.74) is -0.181. The Morgan fingerprint density at radius 2 is 1.95 bits per heavy atom. The van der Waals surface area contributed by atoms with Crippen LogP contribution in [0.5, 0.6) is 5.75 Å². The highest BCUT2D eigenvalue weighted by Gasteiger charge is 2.14. The number of benzene rings is 1. The number of phenols is 1. The van der Waals surface area contributed by atoms with Crippen LogP contribution in [-0.4, -0.2) is 54.3 Å². The van der Waals surface area contributed by atoms with Crippen LogP contribution in [0, 0.1) is 0 Å². The Labute approximate surface area is 123 Å². The van der Waals surface area contributed by atoms with Crippen LogP contribution in [0.3, 0.4) is 0 Å². The van der Waals surface area contributed by atoms with E-state index in [1.54, 1.807) is 0 Å². The lowest BCUT2D eigenvalue weighted by atomic mass is 10.1. The monoisotopic (exact) mass is 295 g/mol. The number of nitrogens with one attached hydrogen (secondary N) is 2. The number of anilines is 1. The normalized spacial score (nSPS) is 10.4. The van der Waals surface area contributed by atoms with Crippen molar-refractivity contribution >= 4 is 17.7 Å². The van der Waals surface area contributed by atoms with Crippen molar-refractivity contribution < 1.29 is 19.8 Å². The average Bonchev–Trinajstić information content (AvgIpc) is 2.40. The minimum absolute atomic E-state index is 0.0701. The van der Waals surface area contributed by atoms with Gasteiger partial charge in [-0.25, -0.2) is 9.59 Å². The minimum Gasteiger partial charge on any atom is -0.505 e. The van der Waals surface area contributed by atoms with E-state index in [2.05, 4.69) is 15.5 Å². The number of aromatic carboxylic acids is 1. The smallest absolute Gasteiger partial charge is 0.339 e. The molecule has 0 atom stereocenters. The molecule has 0 saturated carbocycles. The van der Waals surface area contributed by atoms with Crippen molar-refractivity contribution in [3.8, 4) is 5.75 Å². The standard InChI is InChI=1S/C14H21N3O4/c1-17(2)9-4-3-8-15-14(21)16-11-7-5-6-10(12(11)18)13(19)20/h5-7,18H,3-4,8-9H2,1-2H3,(H,19,20)(H2,15,16,21). The zero-order valence-electron chi connectivity index (χ0n) is 12.2. The van der Waals surface area contributed by atoms with Crippen LogP contribution in [-0.2, 0) is 0 Å². The van der Waals surface area contributed by atoms with Crippen LogP contribution in [0.2, 0.25) is 0 Å². The fourth-order valence-electron chi connectivity index (χ4n) is 1.74. The van der Waals surface area contributed by atoms with Gasteiger partial charge in [0.25, 0.3) is 0 Å². The molecule has 7 nitrogen and oxygen atoms in total. The van der Waals surface area contributed by atoms with E-state index in [4.69, 9.17) is 5.11 Å². The molecule has 4 N–H and O–H groups in total. The summed E-state index contributed by atoms with van der Waals surface area (Å²) >= 11 is 0. The molecule has 1 aromatic rings. The van der Waals surface area contributed by atoms with Crippen LogP contribution in [0.25, 0.3) is 0 Å². The van der Waals surface area contributed by atoms with E-state index in [0.29, 0.717) is 6.54 Å². The molecule has 0 fully saturated rings. The molecule has 0 aliphatic rings. The highest BCUT2D eigenvalue weighted by molar-refractivity contribution is 5.97. The van der Waals surface area contributed by atoms with Crippen molar-refractivity contribution in [2.24, 2.45) is 0 Å². The first-order valence-corrected chi connectivity index (χ1v) is 6.66. The molecule has 0 saturated heterocycles. The van der Waals surface area contributed by atoms with Crippen molar-refractivity contribution in [2.45, 2.75) is 12.8 Å². The third-order valence-electron chi connectivity index (χ3n) is 2.83. The third kappa shape index (κ3) is 5.70. The summed E-state index contributed by atoms with van der Waals surface area (Å²) in [6.45, 7) is 1.46. The lowest BCUT2D eigenvalue weighted by molar-refractivity contribution is 0.0693. The first-order valence-electron chi connectivity index (χ1n) is 6.66. The lowest BCUT2D eigenvalue weighted by Gasteiger charge is -2.11. The topological polar surface area (TPSA) is 102 Å². The fourth-order valence-corrected chi connectivity index (χ4v) is 1.74. The van der Waals surface area contributed by atoms with Gasteiger partial charge in [-0.15, -0.1) is 0 Å². The van der Waals surface area contributed by atoms with Gasteiger partial charge in [0, 0.05) is 6.54 Å².